The van der Waals surface area contributed by atoms with Crippen molar-refractivity contribution in [2.24, 2.45) is 0 Å². The van der Waals surface area contributed by atoms with Crippen molar-refractivity contribution < 1.29 is 14.3 Å². The number of carbonyl (C=O) groups is 1. The van der Waals surface area contributed by atoms with E-state index in [9.17, 15) is 4.79 Å². The van der Waals surface area contributed by atoms with Gasteiger partial charge in [-0.25, -0.2) is 4.79 Å². The first-order valence-electron chi connectivity index (χ1n) is 4.95. The molecule has 3 nitrogen and oxygen atoms in total. The SMILES string of the molecule is C=C(C)/C=C/C(=C\C(=O)OCC)OCC. The molecule has 0 aromatic heterocycles. The van der Waals surface area contributed by atoms with E-state index in [1.807, 2.05) is 13.8 Å². The largest absolute Gasteiger partial charge is 0.494 e. The lowest BCUT2D eigenvalue weighted by molar-refractivity contribution is -0.137. The van der Waals surface area contributed by atoms with Gasteiger partial charge in [0.15, 0.2) is 0 Å². The van der Waals surface area contributed by atoms with Crippen LogP contribution in [0.15, 0.2) is 36.1 Å². The summed E-state index contributed by atoms with van der Waals surface area (Å²) in [6, 6.07) is 0. The first-order chi connectivity index (χ1) is 7.10. The third-order valence-corrected chi connectivity index (χ3v) is 1.39. The maximum Gasteiger partial charge on any atom is 0.334 e. The van der Waals surface area contributed by atoms with Crippen LogP contribution >= 0.6 is 0 Å². The van der Waals surface area contributed by atoms with Crippen molar-refractivity contribution in [3.05, 3.63) is 36.1 Å². The summed E-state index contributed by atoms with van der Waals surface area (Å²) >= 11 is 0. The lowest BCUT2D eigenvalue weighted by atomic mass is 10.3. The van der Waals surface area contributed by atoms with Gasteiger partial charge in [-0.3, -0.25) is 0 Å². The van der Waals surface area contributed by atoms with E-state index in [-0.39, 0.29) is 0 Å². The number of hydrogen-bond donors (Lipinski definition) is 0. The minimum Gasteiger partial charge on any atom is -0.494 e. The predicted molar refractivity (Wildman–Crippen MR) is 60.3 cm³/mol. The molecular weight excluding hydrogens is 192 g/mol. The molecule has 15 heavy (non-hydrogen) atoms. The van der Waals surface area contributed by atoms with Gasteiger partial charge in [-0.2, -0.15) is 0 Å². The maximum atomic E-state index is 11.1. The van der Waals surface area contributed by atoms with Crippen molar-refractivity contribution >= 4 is 5.97 Å². The summed E-state index contributed by atoms with van der Waals surface area (Å²) in [4.78, 5) is 11.1. The number of rotatable bonds is 6. The zero-order chi connectivity index (χ0) is 11.7. The van der Waals surface area contributed by atoms with Crippen LogP contribution in [-0.2, 0) is 14.3 Å². The number of carbonyl (C=O) groups excluding carboxylic acids is 1. The molecule has 0 aliphatic rings. The van der Waals surface area contributed by atoms with E-state index in [0.717, 1.165) is 5.57 Å². The third-order valence-electron chi connectivity index (χ3n) is 1.39. The molecule has 0 aliphatic carbocycles. The monoisotopic (exact) mass is 210 g/mol. The summed E-state index contributed by atoms with van der Waals surface area (Å²) in [6.45, 7) is 10.1. The van der Waals surface area contributed by atoms with Crippen LogP contribution in [-0.4, -0.2) is 19.2 Å². The Balaban J connectivity index is 4.49. The lowest BCUT2D eigenvalue weighted by Gasteiger charge is -2.03. The molecule has 0 aromatic rings. The fourth-order valence-electron chi connectivity index (χ4n) is 0.829. The van der Waals surface area contributed by atoms with Crippen LogP contribution < -0.4 is 0 Å². The summed E-state index contributed by atoms with van der Waals surface area (Å²) in [5.74, 6) is 0.0891. The number of allylic oxidation sites excluding steroid dienone is 3. The zero-order valence-electron chi connectivity index (χ0n) is 9.58. The van der Waals surface area contributed by atoms with Crippen molar-refractivity contribution in [2.75, 3.05) is 13.2 Å². The summed E-state index contributed by atoms with van der Waals surface area (Å²) in [5.41, 5.74) is 0.893. The van der Waals surface area contributed by atoms with E-state index in [2.05, 4.69) is 6.58 Å². The highest BCUT2D eigenvalue weighted by Gasteiger charge is 1.99. The van der Waals surface area contributed by atoms with Gasteiger partial charge in [0.05, 0.1) is 19.3 Å². The van der Waals surface area contributed by atoms with Gasteiger partial charge in [-0.15, -0.1) is 0 Å². The van der Waals surface area contributed by atoms with Crippen LogP contribution in [0.3, 0.4) is 0 Å². The first-order valence-corrected chi connectivity index (χ1v) is 4.95. The van der Waals surface area contributed by atoms with E-state index in [0.29, 0.717) is 19.0 Å². The Kier molecular flexibility index (Phi) is 7.06. The van der Waals surface area contributed by atoms with E-state index in [1.165, 1.54) is 6.08 Å². The van der Waals surface area contributed by atoms with Crippen LogP contribution in [0.5, 0.6) is 0 Å². The molecule has 0 saturated carbocycles. The Hall–Kier alpha value is -1.51. The Morgan fingerprint density at radius 3 is 2.27 bits per heavy atom. The molecule has 0 amide bonds. The molecule has 0 saturated heterocycles. The molecule has 0 atom stereocenters. The smallest absolute Gasteiger partial charge is 0.334 e. The zero-order valence-corrected chi connectivity index (χ0v) is 9.58. The minimum atomic E-state index is -0.396. The summed E-state index contributed by atoms with van der Waals surface area (Å²) in [7, 11) is 0. The molecule has 0 spiro atoms. The second-order valence-corrected chi connectivity index (χ2v) is 2.91. The second kappa shape index (κ2) is 7.85. The van der Waals surface area contributed by atoms with Crippen molar-refractivity contribution in [2.45, 2.75) is 20.8 Å². The third kappa shape index (κ3) is 7.55. The first kappa shape index (κ1) is 13.5. The maximum absolute atomic E-state index is 11.1. The van der Waals surface area contributed by atoms with Crippen molar-refractivity contribution in [1.82, 2.24) is 0 Å². The van der Waals surface area contributed by atoms with Gasteiger partial charge < -0.3 is 9.47 Å². The molecule has 0 N–H and O–H groups in total. The number of ether oxygens (including phenoxy) is 2. The van der Waals surface area contributed by atoms with Gasteiger partial charge in [0.25, 0.3) is 0 Å². The fourth-order valence-corrected chi connectivity index (χ4v) is 0.829. The van der Waals surface area contributed by atoms with Crippen molar-refractivity contribution in [3.63, 3.8) is 0 Å². The van der Waals surface area contributed by atoms with Gasteiger partial charge in [0.2, 0.25) is 0 Å². The normalized spacial score (nSPS) is 11.5. The van der Waals surface area contributed by atoms with Gasteiger partial charge in [-0.1, -0.05) is 18.2 Å². The number of hydrogen-bond acceptors (Lipinski definition) is 3. The minimum absolute atomic E-state index is 0.360. The Morgan fingerprint density at radius 1 is 1.20 bits per heavy atom. The van der Waals surface area contributed by atoms with Gasteiger partial charge in [-0.05, 0) is 26.8 Å². The summed E-state index contributed by atoms with van der Waals surface area (Å²) in [6.07, 6.45) is 4.80. The van der Waals surface area contributed by atoms with E-state index in [1.54, 1.807) is 19.1 Å². The quantitative estimate of drug-likeness (QED) is 0.292. The van der Waals surface area contributed by atoms with Crippen molar-refractivity contribution in [1.29, 1.82) is 0 Å². The second-order valence-electron chi connectivity index (χ2n) is 2.91. The average Bonchev–Trinajstić information content (AvgIpc) is 2.15. The molecule has 3 heteroatoms. The van der Waals surface area contributed by atoms with E-state index < -0.39 is 5.97 Å². The Morgan fingerprint density at radius 2 is 1.80 bits per heavy atom. The van der Waals surface area contributed by atoms with Crippen LogP contribution in [0.1, 0.15) is 20.8 Å². The van der Waals surface area contributed by atoms with Crippen LogP contribution in [0.25, 0.3) is 0 Å². The highest BCUT2D eigenvalue weighted by Crippen LogP contribution is 2.03. The van der Waals surface area contributed by atoms with Crippen LogP contribution in [0, 0.1) is 0 Å². The van der Waals surface area contributed by atoms with Crippen LogP contribution in [0.2, 0.25) is 0 Å². The van der Waals surface area contributed by atoms with E-state index in [4.69, 9.17) is 9.47 Å². The Bertz CT molecular complexity index is 275. The highest BCUT2D eigenvalue weighted by atomic mass is 16.5. The standard InChI is InChI=1S/C12H18O3/c1-5-14-11(8-7-10(3)4)9-12(13)15-6-2/h7-9H,3,5-6H2,1-2,4H3/b8-7+,11-9+. The van der Waals surface area contributed by atoms with Gasteiger partial charge >= 0.3 is 5.97 Å². The highest BCUT2D eigenvalue weighted by molar-refractivity contribution is 5.82. The number of esters is 1. The predicted octanol–water partition coefficient (Wildman–Crippen LogP) is 2.60. The van der Waals surface area contributed by atoms with Crippen LogP contribution in [0.4, 0.5) is 0 Å². The molecule has 0 radical (unpaired) electrons. The van der Waals surface area contributed by atoms with Crippen molar-refractivity contribution in [3.8, 4) is 0 Å². The lowest BCUT2D eigenvalue weighted by Crippen LogP contribution is -2.02. The molecule has 0 bridgehead atoms. The van der Waals surface area contributed by atoms with Gasteiger partial charge in [0.1, 0.15) is 5.76 Å². The molecule has 0 aromatic carbocycles. The Labute approximate surface area is 91.1 Å². The van der Waals surface area contributed by atoms with Gasteiger partial charge in [0, 0.05) is 0 Å². The molecule has 0 aliphatic heterocycles. The molecule has 0 rings (SSSR count). The molecule has 0 fully saturated rings. The summed E-state index contributed by atoms with van der Waals surface area (Å²) < 4.78 is 10.0. The molecule has 0 heterocycles. The molecular formula is C12H18O3. The molecule has 0 unspecified atom stereocenters. The fraction of sp³-hybridized carbons (Fsp3) is 0.417. The van der Waals surface area contributed by atoms with E-state index >= 15 is 0 Å². The summed E-state index contributed by atoms with van der Waals surface area (Å²) in [5, 5.41) is 0. The molecule has 84 valence electrons. The average molecular weight is 210 g/mol. The topological polar surface area (TPSA) is 35.5 Å².